The van der Waals surface area contributed by atoms with Crippen LogP contribution in [0.1, 0.15) is 29.8 Å². The van der Waals surface area contributed by atoms with E-state index >= 15 is 0 Å². The third-order valence-corrected chi connectivity index (χ3v) is 5.75. The first-order valence-electron chi connectivity index (χ1n) is 9.92. The molecule has 28 heavy (non-hydrogen) atoms. The van der Waals surface area contributed by atoms with E-state index in [0.29, 0.717) is 6.42 Å². The number of likely N-dealkylation sites (N-methyl/N-ethyl adjacent to an activating group) is 1. The molecule has 1 N–H and O–H groups in total. The van der Waals surface area contributed by atoms with Crippen LogP contribution < -0.4 is 5.32 Å². The van der Waals surface area contributed by atoms with Crippen molar-refractivity contribution in [3.05, 3.63) is 65.2 Å². The minimum absolute atomic E-state index is 0.133. The molecule has 0 bridgehead atoms. The average Bonchev–Trinajstić information content (AvgIpc) is 3.08. The fourth-order valence-corrected chi connectivity index (χ4v) is 4.40. The SMILES string of the molecule is CN(C)CC(Cc1ccccc1)NC(=O)CCCCc1nc2ccccc2s1. The topological polar surface area (TPSA) is 45.2 Å². The predicted molar refractivity (Wildman–Crippen MR) is 118 cm³/mol. The molecule has 1 aromatic heterocycles. The number of amides is 1. The molecule has 2 aromatic carbocycles. The molecular formula is C23H29N3OS. The summed E-state index contributed by atoms with van der Waals surface area (Å²) in [7, 11) is 4.09. The molecule has 1 atom stereocenters. The quantitative estimate of drug-likeness (QED) is 0.521. The van der Waals surface area contributed by atoms with E-state index < -0.39 is 0 Å². The van der Waals surface area contributed by atoms with Crippen LogP contribution in [0.4, 0.5) is 0 Å². The van der Waals surface area contributed by atoms with Gasteiger partial charge >= 0.3 is 0 Å². The van der Waals surface area contributed by atoms with Crippen LogP contribution in [0.5, 0.6) is 0 Å². The van der Waals surface area contributed by atoms with E-state index in [2.05, 4.69) is 39.5 Å². The van der Waals surface area contributed by atoms with Crippen molar-refractivity contribution in [3.8, 4) is 0 Å². The largest absolute Gasteiger partial charge is 0.352 e. The lowest BCUT2D eigenvalue weighted by molar-refractivity contribution is -0.122. The molecule has 0 aliphatic rings. The number of carbonyl (C=O) groups is 1. The van der Waals surface area contributed by atoms with Crippen molar-refractivity contribution >= 4 is 27.5 Å². The Morgan fingerprint density at radius 1 is 1.07 bits per heavy atom. The van der Waals surface area contributed by atoms with Gasteiger partial charge in [-0.2, -0.15) is 0 Å². The highest BCUT2D eigenvalue weighted by atomic mass is 32.1. The normalized spacial score (nSPS) is 12.4. The molecular weight excluding hydrogens is 366 g/mol. The molecule has 0 aliphatic heterocycles. The number of nitrogens with zero attached hydrogens (tertiary/aromatic N) is 2. The maximum atomic E-state index is 12.4. The van der Waals surface area contributed by atoms with Gasteiger partial charge in [-0.1, -0.05) is 42.5 Å². The maximum absolute atomic E-state index is 12.4. The van der Waals surface area contributed by atoms with Crippen molar-refractivity contribution in [1.82, 2.24) is 15.2 Å². The summed E-state index contributed by atoms with van der Waals surface area (Å²) in [6.45, 7) is 0.840. The van der Waals surface area contributed by atoms with Gasteiger partial charge in [0.15, 0.2) is 0 Å². The Labute approximate surface area is 171 Å². The van der Waals surface area contributed by atoms with Crippen LogP contribution in [-0.4, -0.2) is 42.5 Å². The molecule has 0 aliphatic carbocycles. The van der Waals surface area contributed by atoms with E-state index in [1.165, 1.54) is 10.3 Å². The van der Waals surface area contributed by atoms with Gasteiger partial charge in [0, 0.05) is 19.0 Å². The van der Waals surface area contributed by atoms with E-state index in [0.717, 1.165) is 42.8 Å². The first kappa shape index (κ1) is 20.5. The predicted octanol–water partition coefficient (Wildman–Crippen LogP) is 4.30. The number of rotatable bonds is 10. The summed E-state index contributed by atoms with van der Waals surface area (Å²) in [6.07, 6.45) is 4.25. The molecule has 0 radical (unpaired) electrons. The van der Waals surface area contributed by atoms with Gasteiger partial charge in [-0.3, -0.25) is 4.79 Å². The Morgan fingerprint density at radius 3 is 2.57 bits per heavy atom. The lowest BCUT2D eigenvalue weighted by Crippen LogP contribution is -2.43. The number of unbranched alkanes of at least 4 members (excludes halogenated alkanes) is 1. The second-order valence-electron chi connectivity index (χ2n) is 7.50. The van der Waals surface area contributed by atoms with E-state index in [1.807, 2.05) is 44.4 Å². The van der Waals surface area contributed by atoms with Crippen LogP contribution >= 0.6 is 11.3 Å². The van der Waals surface area contributed by atoms with Crippen LogP contribution in [0, 0.1) is 0 Å². The van der Waals surface area contributed by atoms with Crippen LogP contribution in [0.25, 0.3) is 10.2 Å². The number of thiazole rings is 1. The fourth-order valence-electron chi connectivity index (χ4n) is 3.39. The Kier molecular flexibility index (Phi) is 7.57. The number of fused-ring (bicyclic) bond motifs is 1. The Bertz CT molecular complexity index is 843. The van der Waals surface area contributed by atoms with Crippen molar-refractivity contribution in [2.45, 2.75) is 38.1 Å². The Hall–Kier alpha value is -2.24. The molecule has 1 amide bonds. The number of hydrogen-bond donors (Lipinski definition) is 1. The molecule has 0 fully saturated rings. The zero-order chi connectivity index (χ0) is 19.8. The minimum atomic E-state index is 0.133. The van der Waals surface area contributed by atoms with Gasteiger partial charge in [-0.05, 0) is 57.5 Å². The molecule has 0 saturated heterocycles. The molecule has 3 aromatic rings. The van der Waals surface area contributed by atoms with Gasteiger partial charge in [0.05, 0.1) is 15.2 Å². The third-order valence-electron chi connectivity index (χ3n) is 4.66. The Morgan fingerprint density at radius 2 is 1.82 bits per heavy atom. The van der Waals surface area contributed by atoms with Crippen molar-refractivity contribution in [1.29, 1.82) is 0 Å². The van der Waals surface area contributed by atoms with Gasteiger partial charge in [-0.15, -0.1) is 11.3 Å². The molecule has 4 nitrogen and oxygen atoms in total. The van der Waals surface area contributed by atoms with Gasteiger partial charge < -0.3 is 10.2 Å². The highest BCUT2D eigenvalue weighted by Gasteiger charge is 2.14. The third kappa shape index (κ3) is 6.43. The summed E-state index contributed by atoms with van der Waals surface area (Å²) in [5, 5.41) is 4.39. The van der Waals surface area contributed by atoms with E-state index in [1.54, 1.807) is 11.3 Å². The smallest absolute Gasteiger partial charge is 0.220 e. The van der Waals surface area contributed by atoms with Gasteiger partial charge in [0.2, 0.25) is 5.91 Å². The lowest BCUT2D eigenvalue weighted by Gasteiger charge is -2.22. The average molecular weight is 396 g/mol. The standard InChI is InChI=1S/C23H29N3OS/c1-26(2)17-19(16-18-10-4-3-5-11-18)24-22(27)14-8-9-15-23-25-20-12-6-7-13-21(20)28-23/h3-7,10-13,19H,8-9,14-17H2,1-2H3,(H,24,27). The van der Waals surface area contributed by atoms with E-state index in [4.69, 9.17) is 0 Å². The molecule has 0 spiro atoms. The van der Waals surface area contributed by atoms with Crippen molar-refractivity contribution in [2.24, 2.45) is 0 Å². The van der Waals surface area contributed by atoms with Crippen molar-refractivity contribution < 1.29 is 4.79 Å². The van der Waals surface area contributed by atoms with Gasteiger partial charge in [-0.25, -0.2) is 4.98 Å². The zero-order valence-corrected chi connectivity index (χ0v) is 17.5. The number of nitrogens with one attached hydrogen (secondary N) is 1. The van der Waals surface area contributed by atoms with Crippen molar-refractivity contribution in [2.75, 3.05) is 20.6 Å². The van der Waals surface area contributed by atoms with E-state index in [-0.39, 0.29) is 11.9 Å². The van der Waals surface area contributed by atoms with Crippen LogP contribution in [0.2, 0.25) is 0 Å². The Balaban J connectivity index is 1.43. The molecule has 1 heterocycles. The second-order valence-corrected chi connectivity index (χ2v) is 8.61. The van der Waals surface area contributed by atoms with Crippen LogP contribution in [0.15, 0.2) is 54.6 Å². The monoisotopic (exact) mass is 395 g/mol. The first-order chi connectivity index (χ1) is 13.6. The fraction of sp³-hybridized carbons (Fsp3) is 0.391. The molecule has 148 valence electrons. The maximum Gasteiger partial charge on any atom is 0.220 e. The number of benzene rings is 2. The number of aromatic nitrogens is 1. The van der Waals surface area contributed by atoms with Crippen molar-refractivity contribution in [3.63, 3.8) is 0 Å². The summed E-state index contributed by atoms with van der Waals surface area (Å²) < 4.78 is 1.24. The number of carbonyl (C=O) groups excluding carboxylic acids is 1. The van der Waals surface area contributed by atoms with E-state index in [9.17, 15) is 4.79 Å². The summed E-state index contributed by atoms with van der Waals surface area (Å²) in [5.74, 6) is 0.145. The summed E-state index contributed by atoms with van der Waals surface area (Å²) in [6, 6.07) is 18.7. The van der Waals surface area contributed by atoms with Crippen LogP contribution in [-0.2, 0) is 17.6 Å². The minimum Gasteiger partial charge on any atom is -0.352 e. The summed E-state index contributed by atoms with van der Waals surface area (Å²) in [5.41, 5.74) is 2.33. The highest BCUT2D eigenvalue weighted by Crippen LogP contribution is 2.22. The molecule has 0 saturated carbocycles. The number of aryl methyl sites for hydroxylation is 1. The lowest BCUT2D eigenvalue weighted by atomic mass is 10.1. The van der Waals surface area contributed by atoms with Gasteiger partial charge in [0.25, 0.3) is 0 Å². The first-order valence-corrected chi connectivity index (χ1v) is 10.7. The highest BCUT2D eigenvalue weighted by molar-refractivity contribution is 7.18. The number of para-hydroxylation sites is 1. The van der Waals surface area contributed by atoms with Gasteiger partial charge in [0.1, 0.15) is 0 Å². The molecule has 5 heteroatoms. The summed E-state index contributed by atoms with van der Waals surface area (Å²) >= 11 is 1.76. The second kappa shape index (κ2) is 10.3. The summed E-state index contributed by atoms with van der Waals surface area (Å²) in [4.78, 5) is 19.2. The molecule has 3 rings (SSSR count). The number of hydrogen-bond acceptors (Lipinski definition) is 4. The molecule has 1 unspecified atom stereocenters. The zero-order valence-electron chi connectivity index (χ0n) is 16.7. The van der Waals surface area contributed by atoms with Crippen LogP contribution in [0.3, 0.4) is 0 Å².